The molecule has 2 aromatic carbocycles. The van der Waals surface area contributed by atoms with Gasteiger partial charge in [0, 0.05) is 11.4 Å². The van der Waals surface area contributed by atoms with Crippen LogP contribution in [0.4, 0.5) is 0 Å². The van der Waals surface area contributed by atoms with Gasteiger partial charge in [0.2, 0.25) is 0 Å². The molecule has 0 radical (unpaired) electrons. The van der Waals surface area contributed by atoms with Gasteiger partial charge in [-0.2, -0.15) is 0 Å². The SMILES string of the molecule is O=C1N=c2ccccc2=C1c1c(-c2ccccc2)c(O)c2ccccn12. The Balaban J connectivity index is 2.00. The lowest BCUT2D eigenvalue weighted by atomic mass is 9.99. The molecule has 0 saturated carbocycles. The van der Waals surface area contributed by atoms with Crippen LogP contribution in [0.1, 0.15) is 5.69 Å². The van der Waals surface area contributed by atoms with Crippen LogP contribution in [0, 0.1) is 0 Å². The Labute approximate surface area is 149 Å². The van der Waals surface area contributed by atoms with Crippen molar-refractivity contribution in [2.45, 2.75) is 0 Å². The maximum Gasteiger partial charge on any atom is 0.280 e. The third-order valence-electron chi connectivity index (χ3n) is 4.73. The summed E-state index contributed by atoms with van der Waals surface area (Å²) in [5.41, 5.74) is 3.34. The first-order chi connectivity index (χ1) is 12.8. The molecule has 3 heterocycles. The van der Waals surface area contributed by atoms with Crippen molar-refractivity contribution in [1.82, 2.24) is 4.40 Å². The van der Waals surface area contributed by atoms with Gasteiger partial charge in [-0.05, 0) is 23.8 Å². The van der Waals surface area contributed by atoms with E-state index in [0.29, 0.717) is 27.7 Å². The fourth-order valence-electron chi connectivity index (χ4n) is 3.61. The Kier molecular flexibility index (Phi) is 3.06. The number of benzene rings is 2. The van der Waals surface area contributed by atoms with Crippen molar-refractivity contribution in [1.29, 1.82) is 0 Å². The summed E-state index contributed by atoms with van der Waals surface area (Å²) in [5, 5.41) is 12.4. The normalized spacial score (nSPS) is 13.1. The predicted octanol–water partition coefficient (Wildman–Crippen LogP) is 2.67. The van der Waals surface area contributed by atoms with Crippen molar-refractivity contribution >= 4 is 17.0 Å². The molecule has 26 heavy (non-hydrogen) atoms. The van der Waals surface area contributed by atoms with Crippen LogP contribution in [0.2, 0.25) is 0 Å². The quantitative estimate of drug-likeness (QED) is 0.611. The van der Waals surface area contributed by atoms with Crippen molar-refractivity contribution in [2.75, 3.05) is 0 Å². The van der Waals surface area contributed by atoms with Crippen LogP contribution in [0.3, 0.4) is 0 Å². The summed E-state index contributed by atoms with van der Waals surface area (Å²) in [5.74, 6) is -0.122. The maximum atomic E-state index is 12.8. The molecule has 5 rings (SSSR count). The molecule has 0 bridgehead atoms. The molecule has 0 atom stereocenters. The summed E-state index contributed by atoms with van der Waals surface area (Å²) in [7, 11) is 0. The summed E-state index contributed by atoms with van der Waals surface area (Å²) in [6, 6.07) is 22.7. The van der Waals surface area contributed by atoms with Crippen LogP contribution < -0.4 is 10.6 Å². The second-order valence-corrected chi connectivity index (χ2v) is 6.20. The average molecular weight is 338 g/mol. The van der Waals surface area contributed by atoms with E-state index in [9.17, 15) is 9.90 Å². The Morgan fingerprint density at radius 1 is 0.846 bits per heavy atom. The summed E-state index contributed by atoms with van der Waals surface area (Å²) in [6.45, 7) is 0. The van der Waals surface area contributed by atoms with Gasteiger partial charge in [0.05, 0.1) is 27.7 Å². The molecular weight excluding hydrogens is 324 g/mol. The molecule has 1 aliphatic rings. The molecule has 0 fully saturated rings. The van der Waals surface area contributed by atoms with Crippen molar-refractivity contribution in [3.05, 3.63) is 95.3 Å². The number of carbonyl (C=O) groups excluding carboxylic acids is 1. The monoisotopic (exact) mass is 338 g/mol. The molecule has 0 saturated heterocycles. The Morgan fingerprint density at radius 3 is 2.42 bits per heavy atom. The summed E-state index contributed by atoms with van der Waals surface area (Å²) < 4.78 is 1.86. The Hall–Kier alpha value is -3.66. The highest BCUT2D eigenvalue weighted by molar-refractivity contribution is 6.22. The fourth-order valence-corrected chi connectivity index (χ4v) is 3.61. The smallest absolute Gasteiger partial charge is 0.280 e. The second kappa shape index (κ2) is 5.43. The summed E-state index contributed by atoms with van der Waals surface area (Å²) in [6.07, 6.45) is 1.86. The van der Waals surface area contributed by atoms with Gasteiger partial charge < -0.3 is 9.51 Å². The van der Waals surface area contributed by atoms with E-state index < -0.39 is 0 Å². The summed E-state index contributed by atoms with van der Waals surface area (Å²) in [4.78, 5) is 17.0. The maximum absolute atomic E-state index is 12.8. The molecule has 1 amide bonds. The zero-order valence-corrected chi connectivity index (χ0v) is 13.8. The molecule has 4 aromatic rings. The molecule has 124 valence electrons. The number of hydrogen-bond donors (Lipinski definition) is 1. The van der Waals surface area contributed by atoms with Crippen LogP contribution in [0.15, 0.2) is 84.0 Å². The first-order valence-electron chi connectivity index (χ1n) is 8.36. The second-order valence-electron chi connectivity index (χ2n) is 6.20. The predicted molar refractivity (Wildman–Crippen MR) is 99.2 cm³/mol. The molecule has 0 unspecified atom stereocenters. The third-order valence-corrected chi connectivity index (χ3v) is 4.73. The number of carbonyl (C=O) groups is 1. The summed E-state index contributed by atoms with van der Waals surface area (Å²) >= 11 is 0. The number of pyridine rings is 1. The number of hydrogen-bond acceptors (Lipinski definition) is 2. The molecule has 0 spiro atoms. The third kappa shape index (κ3) is 1.96. The zero-order valence-electron chi connectivity index (χ0n) is 13.8. The highest BCUT2D eigenvalue weighted by atomic mass is 16.3. The standard InChI is InChI=1S/C22H14N2O2/c25-21-17-12-6-7-13-24(17)20(18(21)14-8-2-1-3-9-14)19-15-10-4-5-11-16(15)23-22(19)26/h1-13,25H. The molecule has 0 aliphatic carbocycles. The van der Waals surface area contributed by atoms with E-state index in [1.807, 2.05) is 83.4 Å². The van der Waals surface area contributed by atoms with E-state index >= 15 is 0 Å². The topological polar surface area (TPSA) is 54.1 Å². The van der Waals surface area contributed by atoms with Gasteiger partial charge in [-0.25, -0.2) is 4.99 Å². The van der Waals surface area contributed by atoms with Crippen LogP contribution >= 0.6 is 0 Å². The van der Waals surface area contributed by atoms with Crippen LogP contribution in [0.5, 0.6) is 5.75 Å². The minimum absolute atomic E-state index is 0.163. The van der Waals surface area contributed by atoms with Crippen molar-refractivity contribution in [3.63, 3.8) is 0 Å². The van der Waals surface area contributed by atoms with Gasteiger partial charge in [-0.1, -0.05) is 54.6 Å². The van der Waals surface area contributed by atoms with Gasteiger partial charge in [0.1, 0.15) is 5.75 Å². The molecular formula is C22H14N2O2. The van der Waals surface area contributed by atoms with E-state index in [-0.39, 0.29) is 11.7 Å². The van der Waals surface area contributed by atoms with Crippen LogP contribution in [-0.2, 0) is 4.79 Å². The molecule has 2 aromatic heterocycles. The largest absolute Gasteiger partial charge is 0.505 e. The lowest BCUT2D eigenvalue weighted by molar-refractivity contribution is -0.112. The van der Waals surface area contributed by atoms with Gasteiger partial charge in [-0.15, -0.1) is 0 Å². The van der Waals surface area contributed by atoms with Crippen LogP contribution in [-0.4, -0.2) is 15.4 Å². The first-order valence-corrected chi connectivity index (χ1v) is 8.36. The van der Waals surface area contributed by atoms with Crippen LogP contribution in [0.25, 0.3) is 22.2 Å². The minimum atomic E-state index is -0.286. The lowest BCUT2D eigenvalue weighted by Crippen LogP contribution is -2.23. The zero-order chi connectivity index (χ0) is 17.7. The van der Waals surface area contributed by atoms with E-state index in [1.54, 1.807) is 0 Å². The van der Waals surface area contributed by atoms with Crippen molar-refractivity contribution < 1.29 is 9.90 Å². The number of nitrogens with zero attached hydrogens (tertiary/aromatic N) is 2. The van der Waals surface area contributed by atoms with Gasteiger partial charge >= 0.3 is 0 Å². The highest BCUT2D eigenvalue weighted by Gasteiger charge is 2.28. The first kappa shape index (κ1) is 14.7. The lowest BCUT2D eigenvalue weighted by Gasteiger charge is -2.07. The Bertz CT molecular complexity index is 1300. The Morgan fingerprint density at radius 2 is 1.58 bits per heavy atom. The number of fused-ring (bicyclic) bond motifs is 2. The number of para-hydroxylation sites is 1. The minimum Gasteiger partial charge on any atom is -0.505 e. The van der Waals surface area contributed by atoms with E-state index in [4.69, 9.17) is 0 Å². The molecule has 1 aliphatic heterocycles. The number of aromatic hydroxyl groups is 1. The number of rotatable bonds is 2. The molecule has 1 N–H and O–H groups in total. The van der Waals surface area contributed by atoms with Crippen molar-refractivity contribution in [3.8, 4) is 16.9 Å². The van der Waals surface area contributed by atoms with E-state index in [2.05, 4.69) is 4.99 Å². The van der Waals surface area contributed by atoms with Gasteiger partial charge in [0.25, 0.3) is 5.91 Å². The number of aromatic nitrogens is 1. The molecule has 4 nitrogen and oxygen atoms in total. The van der Waals surface area contributed by atoms with Gasteiger partial charge in [-0.3, -0.25) is 4.79 Å². The highest BCUT2D eigenvalue weighted by Crippen LogP contribution is 2.41. The number of amides is 1. The van der Waals surface area contributed by atoms with E-state index in [0.717, 1.165) is 10.8 Å². The van der Waals surface area contributed by atoms with Gasteiger partial charge in [0.15, 0.2) is 0 Å². The van der Waals surface area contributed by atoms with E-state index in [1.165, 1.54) is 0 Å². The molecule has 4 heteroatoms. The fraction of sp³-hybridized carbons (Fsp3) is 0. The van der Waals surface area contributed by atoms with Crippen molar-refractivity contribution in [2.24, 2.45) is 4.99 Å². The average Bonchev–Trinajstić information content (AvgIpc) is 3.16.